The van der Waals surface area contributed by atoms with Crippen molar-refractivity contribution in [3.8, 4) is 0 Å². The Morgan fingerprint density at radius 2 is 1.95 bits per heavy atom. The topological polar surface area (TPSA) is 72.8 Å². The average molecular weight is 285 g/mol. The number of hydrogen-bond donors (Lipinski definition) is 3. The van der Waals surface area contributed by atoms with Crippen molar-refractivity contribution in [2.75, 3.05) is 18.4 Å². The zero-order valence-corrected chi connectivity index (χ0v) is 11.2. The molecule has 104 valence electrons. The van der Waals surface area contributed by atoms with E-state index in [0.717, 1.165) is 32.4 Å². The third kappa shape index (κ3) is 3.59. The molecule has 1 aliphatic heterocycles. The second kappa shape index (κ2) is 6.23. The second-order valence-electron chi connectivity index (χ2n) is 4.56. The van der Waals surface area contributed by atoms with Crippen LogP contribution in [0.25, 0.3) is 0 Å². The van der Waals surface area contributed by atoms with E-state index in [4.69, 9.17) is 21.8 Å². The van der Waals surface area contributed by atoms with Gasteiger partial charge >= 0.3 is 0 Å². The van der Waals surface area contributed by atoms with Gasteiger partial charge in [0.1, 0.15) is 0 Å². The summed E-state index contributed by atoms with van der Waals surface area (Å²) in [4.78, 5) is 14.2. The fourth-order valence-electron chi connectivity index (χ4n) is 2.23. The first-order valence-electron chi connectivity index (χ1n) is 6.29. The lowest BCUT2D eigenvalue weighted by Gasteiger charge is -2.27. The van der Waals surface area contributed by atoms with Crippen molar-refractivity contribution in [3.05, 3.63) is 28.8 Å². The molecular formula is C13H17ClN2O3. The van der Waals surface area contributed by atoms with Crippen LogP contribution in [0.3, 0.4) is 0 Å². The highest BCUT2D eigenvalue weighted by Crippen LogP contribution is 2.24. The van der Waals surface area contributed by atoms with Crippen LogP contribution in [0.15, 0.2) is 18.2 Å². The molecule has 6 heteroatoms. The Bertz CT molecular complexity index is 459. The molecule has 2 rings (SSSR count). The summed E-state index contributed by atoms with van der Waals surface area (Å²) in [5.41, 5.74) is 0.734. The minimum atomic E-state index is -1.71. The normalized spacial score (nSPS) is 15.7. The molecule has 0 bridgehead atoms. The van der Waals surface area contributed by atoms with Gasteiger partial charge in [-0.05, 0) is 37.5 Å². The molecule has 1 fully saturated rings. The minimum absolute atomic E-state index is 0.134. The summed E-state index contributed by atoms with van der Waals surface area (Å²) in [5, 5.41) is 20.8. The number of amides is 1. The van der Waals surface area contributed by atoms with Crippen molar-refractivity contribution >= 4 is 23.2 Å². The maximum absolute atomic E-state index is 12.4. The van der Waals surface area contributed by atoms with Gasteiger partial charge in [0.2, 0.25) is 6.41 Å². The molecule has 0 radical (unpaired) electrons. The van der Waals surface area contributed by atoms with E-state index in [1.54, 1.807) is 23.1 Å². The number of carbonyl (C=O) groups is 1. The van der Waals surface area contributed by atoms with Gasteiger partial charge in [-0.15, -0.1) is 0 Å². The lowest BCUT2D eigenvalue weighted by atomic mass is 10.1. The first-order chi connectivity index (χ1) is 9.08. The number of nitrogens with one attached hydrogen (secondary N) is 1. The fraction of sp³-hybridized carbons (Fsp3) is 0.462. The van der Waals surface area contributed by atoms with Crippen molar-refractivity contribution in [2.45, 2.75) is 25.7 Å². The molecule has 1 saturated heterocycles. The monoisotopic (exact) mass is 284 g/mol. The molecule has 0 aliphatic carbocycles. The summed E-state index contributed by atoms with van der Waals surface area (Å²) in [6.45, 7) is 1.46. The highest BCUT2D eigenvalue weighted by molar-refractivity contribution is 6.31. The zero-order valence-electron chi connectivity index (χ0n) is 10.5. The van der Waals surface area contributed by atoms with E-state index in [-0.39, 0.29) is 5.91 Å². The number of carbonyl (C=O) groups excluding carboxylic acids is 1. The van der Waals surface area contributed by atoms with Gasteiger partial charge in [0.15, 0.2) is 0 Å². The van der Waals surface area contributed by atoms with Crippen LogP contribution in [0, 0.1) is 0 Å². The highest BCUT2D eigenvalue weighted by Gasteiger charge is 2.21. The maximum atomic E-state index is 12.4. The first-order valence-corrected chi connectivity index (χ1v) is 6.67. The Balaban J connectivity index is 2.25. The standard InChI is InChI=1S/C13H17ClN2O3/c14-9-4-5-11(15-13(18)19)10(8-9)12(17)16-6-2-1-3-7-16/h4-5,8,13,15,18-19H,1-3,6-7H2. The molecule has 0 atom stereocenters. The summed E-state index contributed by atoms with van der Waals surface area (Å²) >= 11 is 5.91. The van der Waals surface area contributed by atoms with Crippen molar-refractivity contribution in [3.63, 3.8) is 0 Å². The van der Waals surface area contributed by atoms with Crippen LogP contribution < -0.4 is 5.32 Å². The van der Waals surface area contributed by atoms with Crippen LogP contribution >= 0.6 is 11.6 Å². The van der Waals surface area contributed by atoms with Gasteiger partial charge in [-0.2, -0.15) is 0 Å². The average Bonchev–Trinajstić information content (AvgIpc) is 2.40. The number of benzene rings is 1. The number of anilines is 1. The molecule has 3 N–H and O–H groups in total. The maximum Gasteiger partial charge on any atom is 0.256 e. The Labute approximate surface area is 116 Å². The number of rotatable bonds is 3. The van der Waals surface area contributed by atoms with E-state index >= 15 is 0 Å². The zero-order chi connectivity index (χ0) is 13.8. The molecule has 5 nitrogen and oxygen atoms in total. The van der Waals surface area contributed by atoms with Crippen molar-refractivity contribution in [1.82, 2.24) is 4.90 Å². The van der Waals surface area contributed by atoms with Gasteiger partial charge in [-0.1, -0.05) is 11.6 Å². The van der Waals surface area contributed by atoms with E-state index in [9.17, 15) is 4.79 Å². The number of hydrogen-bond acceptors (Lipinski definition) is 4. The third-order valence-corrected chi connectivity index (χ3v) is 3.37. The number of piperidine rings is 1. The molecule has 0 unspecified atom stereocenters. The number of halogens is 1. The van der Waals surface area contributed by atoms with E-state index in [0.29, 0.717) is 16.3 Å². The second-order valence-corrected chi connectivity index (χ2v) is 5.00. The van der Waals surface area contributed by atoms with Gasteiger partial charge in [-0.25, -0.2) is 0 Å². The molecule has 19 heavy (non-hydrogen) atoms. The van der Waals surface area contributed by atoms with E-state index in [2.05, 4.69) is 5.32 Å². The number of aliphatic hydroxyl groups is 2. The Kier molecular flexibility index (Phi) is 4.63. The van der Waals surface area contributed by atoms with E-state index in [1.165, 1.54) is 0 Å². The Morgan fingerprint density at radius 1 is 1.26 bits per heavy atom. The first kappa shape index (κ1) is 14.1. The summed E-state index contributed by atoms with van der Waals surface area (Å²) in [5.74, 6) is -0.134. The van der Waals surface area contributed by atoms with Crippen LogP contribution in [0.1, 0.15) is 29.6 Å². The lowest BCUT2D eigenvalue weighted by Crippen LogP contribution is -2.36. The summed E-state index contributed by atoms with van der Waals surface area (Å²) in [6.07, 6.45) is 1.42. The number of nitrogens with zero attached hydrogens (tertiary/aromatic N) is 1. The van der Waals surface area contributed by atoms with Gasteiger partial charge in [0.05, 0.1) is 11.3 Å². The smallest absolute Gasteiger partial charge is 0.256 e. The minimum Gasteiger partial charge on any atom is -0.351 e. The van der Waals surface area contributed by atoms with E-state index in [1.807, 2.05) is 0 Å². The SMILES string of the molecule is O=C(c1cc(Cl)ccc1NC(O)O)N1CCCCC1. The van der Waals surface area contributed by atoms with Crippen LogP contribution in [0.5, 0.6) is 0 Å². The molecule has 1 aromatic rings. The van der Waals surface area contributed by atoms with Crippen LogP contribution in [-0.4, -0.2) is 40.5 Å². The molecular weight excluding hydrogens is 268 g/mol. The van der Waals surface area contributed by atoms with Crippen LogP contribution in [0.2, 0.25) is 5.02 Å². The van der Waals surface area contributed by atoms with E-state index < -0.39 is 6.41 Å². The summed E-state index contributed by atoms with van der Waals surface area (Å²) in [7, 11) is 0. The Morgan fingerprint density at radius 3 is 2.58 bits per heavy atom. The van der Waals surface area contributed by atoms with Crippen molar-refractivity contribution in [2.24, 2.45) is 0 Å². The van der Waals surface area contributed by atoms with Crippen molar-refractivity contribution in [1.29, 1.82) is 0 Å². The molecule has 1 aliphatic rings. The molecule has 1 aromatic carbocycles. The fourth-order valence-corrected chi connectivity index (χ4v) is 2.40. The molecule has 0 saturated carbocycles. The highest BCUT2D eigenvalue weighted by atomic mass is 35.5. The molecule has 0 spiro atoms. The van der Waals surface area contributed by atoms with Crippen LogP contribution in [0.4, 0.5) is 5.69 Å². The predicted molar refractivity (Wildman–Crippen MR) is 73.1 cm³/mol. The lowest BCUT2D eigenvalue weighted by molar-refractivity contribution is -0.0147. The van der Waals surface area contributed by atoms with Gasteiger partial charge in [-0.3, -0.25) is 4.79 Å². The molecule has 1 heterocycles. The van der Waals surface area contributed by atoms with Gasteiger partial charge in [0, 0.05) is 18.1 Å². The Hall–Kier alpha value is -1.30. The largest absolute Gasteiger partial charge is 0.351 e. The number of aliphatic hydroxyl groups excluding tert-OH is 1. The number of likely N-dealkylation sites (tertiary alicyclic amines) is 1. The quantitative estimate of drug-likeness (QED) is 0.738. The molecule has 0 aromatic heterocycles. The van der Waals surface area contributed by atoms with Gasteiger partial charge < -0.3 is 20.4 Å². The van der Waals surface area contributed by atoms with Crippen LogP contribution in [-0.2, 0) is 0 Å². The summed E-state index contributed by atoms with van der Waals surface area (Å²) in [6, 6.07) is 4.71. The molecule has 1 amide bonds. The van der Waals surface area contributed by atoms with Gasteiger partial charge in [0.25, 0.3) is 5.91 Å². The third-order valence-electron chi connectivity index (χ3n) is 3.14. The summed E-state index contributed by atoms with van der Waals surface area (Å²) < 4.78 is 0. The predicted octanol–water partition coefficient (Wildman–Crippen LogP) is 1.65. The van der Waals surface area contributed by atoms with Crippen molar-refractivity contribution < 1.29 is 15.0 Å².